The van der Waals surface area contributed by atoms with E-state index in [2.05, 4.69) is 34.9 Å². The van der Waals surface area contributed by atoms with Gasteiger partial charge < -0.3 is 25.2 Å². The number of fused-ring (bicyclic) bond motifs is 3. The zero-order valence-electron chi connectivity index (χ0n) is 19.4. The van der Waals surface area contributed by atoms with E-state index in [1.807, 2.05) is 38.1 Å². The monoisotopic (exact) mass is 466 g/mol. The molecule has 34 heavy (non-hydrogen) atoms. The number of nitrogens with one attached hydrogen (secondary N) is 2. The molecule has 3 N–H and O–H groups in total. The van der Waals surface area contributed by atoms with Crippen molar-refractivity contribution in [3.8, 4) is 11.1 Å². The highest BCUT2D eigenvalue weighted by Crippen LogP contribution is 2.44. The summed E-state index contributed by atoms with van der Waals surface area (Å²) < 4.78 is 10.7. The lowest BCUT2D eigenvalue weighted by Crippen LogP contribution is -2.47. The average molecular weight is 467 g/mol. The fraction of sp³-hybridized carbons (Fsp3) is 0.423. The Balaban J connectivity index is 1.27. The lowest BCUT2D eigenvalue weighted by Gasteiger charge is -2.26. The molecule has 0 aromatic heterocycles. The Hall–Kier alpha value is -3.39. The van der Waals surface area contributed by atoms with Gasteiger partial charge >= 0.3 is 12.1 Å². The predicted molar refractivity (Wildman–Crippen MR) is 125 cm³/mol. The van der Waals surface area contributed by atoms with Crippen LogP contribution >= 0.6 is 0 Å². The third-order valence-electron chi connectivity index (χ3n) is 6.44. The molecule has 0 bridgehead atoms. The summed E-state index contributed by atoms with van der Waals surface area (Å²) in [5.74, 6) is -1.38. The zero-order chi connectivity index (χ0) is 24.3. The summed E-state index contributed by atoms with van der Waals surface area (Å²) in [7, 11) is 0. The van der Waals surface area contributed by atoms with E-state index in [-0.39, 0.29) is 24.9 Å². The molecule has 1 aliphatic heterocycles. The van der Waals surface area contributed by atoms with Gasteiger partial charge in [0, 0.05) is 24.5 Å². The van der Waals surface area contributed by atoms with Gasteiger partial charge in [-0.1, -0.05) is 48.5 Å². The molecule has 2 atom stereocenters. The number of benzene rings is 2. The highest BCUT2D eigenvalue weighted by molar-refractivity contribution is 5.80. The summed E-state index contributed by atoms with van der Waals surface area (Å²) >= 11 is 0. The Morgan fingerprint density at radius 3 is 2.29 bits per heavy atom. The first-order valence-corrected chi connectivity index (χ1v) is 11.5. The number of hydrogen-bond acceptors (Lipinski definition) is 5. The fourth-order valence-electron chi connectivity index (χ4n) is 4.66. The van der Waals surface area contributed by atoms with Gasteiger partial charge in [0.1, 0.15) is 6.61 Å². The molecule has 0 unspecified atom stereocenters. The van der Waals surface area contributed by atoms with Gasteiger partial charge in [-0.2, -0.15) is 0 Å². The van der Waals surface area contributed by atoms with E-state index in [0.717, 1.165) is 22.3 Å². The van der Waals surface area contributed by atoms with E-state index in [1.165, 1.54) is 0 Å². The minimum atomic E-state index is -1.08. The van der Waals surface area contributed by atoms with Crippen LogP contribution < -0.4 is 10.6 Å². The van der Waals surface area contributed by atoms with Crippen LogP contribution in [0.2, 0.25) is 0 Å². The molecule has 0 saturated carbocycles. The number of hydrogen-bond donors (Lipinski definition) is 3. The van der Waals surface area contributed by atoms with Gasteiger partial charge in [0.2, 0.25) is 5.91 Å². The Morgan fingerprint density at radius 1 is 1.06 bits per heavy atom. The van der Waals surface area contributed by atoms with E-state index < -0.39 is 29.7 Å². The summed E-state index contributed by atoms with van der Waals surface area (Å²) in [6, 6.07) is 15.7. The van der Waals surface area contributed by atoms with Crippen LogP contribution in [0.1, 0.15) is 50.2 Å². The molecule has 180 valence electrons. The van der Waals surface area contributed by atoms with E-state index in [1.54, 1.807) is 0 Å². The van der Waals surface area contributed by atoms with Crippen molar-refractivity contribution >= 4 is 18.0 Å². The van der Waals surface area contributed by atoms with Crippen molar-refractivity contribution in [2.24, 2.45) is 0 Å². The van der Waals surface area contributed by atoms with Crippen LogP contribution in [0.3, 0.4) is 0 Å². The zero-order valence-corrected chi connectivity index (χ0v) is 19.4. The van der Waals surface area contributed by atoms with Crippen molar-refractivity contribution in [3.05, 3.63) is 59.7 Å². The highest BCUT2D eigenvalue weighted by atomic mass is 16.5. The molecule has 1 saturated heterocycles. The Morgan fingerprint density at radius 2 is 1.68 bits per heavy atom. The van der Waals surface area contributed by atoms with Crippen molar-refractivity contribution in [1.29, 1.82) is 0 Å². The number of carbonyl (C=O) groups excluding carboxylic acids is 2. The molecule has 0 radical (unpaired) electrons. The number of rotatable bonds is 8. The van der Waals surface area contributed by atoms with Crippen LogP contribution in [-0.4, -0.2) is 54.0 Å². The van der Waals surface area contributed by atoms with Crippen molar-refractivity contribution in [2.45, 2.75) is 56.7 Å². The second kappa shape index (κ2) is 9.85. The first kappa shape index (κ1) is 23.8. The van der Waals surface area contributed by atoms with E-state index in [0.29, 0.717) is 19.4 Å². The van der Waals surface area contributed by atoms with Crippen LogP contribution in [0.4, 0.5) is 4.79 Å². The van der Waals surface area contributed by atoms with E-state index in [4.69, 9.17) is 14.6 Å². The quantitative estimate of drug-likeness (QED) is 0.549. The number of alkyl carbamates (subject to hydrolysis) is 1. The molecule has 1 fully saturated rings. The third-order valence-corrected chi connectivity index (χ3v) is 6.44. The predicted octanol–water partition coefficient (Wildman–Crippen LogP) is 3.44. The standard InChI is InChI=1S/C26H30N2O6/c1-26(2,13-11-22(29)27-21-12-14-33-23(21)24(30)31)28-25(32)34-15-20-18-9-5-3-7-16(18)17-8-4-6-10-19(17)20/h3-10,20-21,23H,11-15H2,1-2H3,(H,27,29)(H,28,32)(H,30,31)/t21-,23+/m1/s1. The highest BCUT2D eigenvalue weighted by Gasteiger charge is 2.35. The Bertz CT molecular complexity index is 1040. The van der Waals surface area contributed by atoms with Gasteiger partial charge in [0.25, 0.3) is 0 Å². The minimum Gasteiger partial charge on any atom is -0.479 e. The van der Waals surface area contributed by atoms with Crippen LogP contribution in [0.25, 0.3) is 11.1 Å². The number of carboxylic acids is 1. The van der Waals surface area contributed by atoms with Crippen LogP contribution in [-0.2, 0) is 19.1 Å². The molecular formula is C26H30N2O6. The van der Waals surface area contributed by atoms with E-state index in [9.17, 15) is 14.4 Å². The normalized spacial score (nSPS) is 19.2. The summed E-state index contributed by atoms with van der Waals surface area (Å²) in [6.45, 7) is 4.16. The molecular weight excluding hydrogens is 436 g/mol. The maximum Gasteiger partial charge on any atom is 0.407 e. The Labute approximate surface area is 198 Å². The summed E-state index contributed by atoms with van der Waals surface area (Å²) in [5, 5.41) is 14.7. The molecule has 2 aliphatic rings. The average Bonchev–Trinajstić information content (AvgIpc) is 3.39. The fourth-order valence-corrected chi connectivity index (χ4v) is 4.66. The van der Waals surface area contributed by atoms with Crippen LogP contribution in [0, 0.1) is 0 Å². The second-order valence-electron chi connectivity index (χ2n) is 9.43. The molecule has 2 aromatic rings. The smallest absolute Gasteiger partial charge is 0.407 e. The van der Waals surface area contributed by atoms with Gasteiger partial charge in [-0.05, 0) is 48.9 Å². The summed E-state index contributed by atoms with van der Waals surface area (Å²) in [5.41, 5.74) is 3.93. The van der Waals surface area contributed by atoms with Crippen molar-refractivity contribution < 1.29 is 29.0 Å². The second-order valence-corrected chi connectivity index (χ2v) is 9.43. The van der Waals surface area contributed by atoms with Gasteiger partial charge in [-0.3, -0.25) is 4.79 Å². The topological polar surface area (TPSA) is 114 Å². The summed E-state index contributed by atoms with van der Waals surface area (Å²) in [4.78, 5) is 36.1. The van der Waals surface area contributed by atoms with Gasteiger partial charge in [-0.15, -0.1) is 0 Å². The first-order chi connectivity index (χ1) is 16.2. The maximum absolute atomic E-state index is 12.6. The number of carboxylic acid groups (broad SMARTS) is 1. The molecule has 4 rings (SSSR count). The van der Waals surface area contributed by atoms with Crippen molar-refractivity contribution in [3.63, 3.8) is 0 Å². The van der Waals surface area contributed by atoms with Crippen LogP contribution in [0.15, 0.2) is 48.5 Å². The molecule has 0 spiro atoms. The van der Waals surface area contributed by atoms with E-state index >= 15 is 0 Å². The van der Waals surface area contributed by atoms with Gasteiger partial charge in [0.05, 0.1) is 6.04 Å². The molecule has 2 aromatic carbocycles. The van der Waals surface area contributed by atoms with Gasteiger partial charge in [0.15, 0.2) is 6.10 Å². The summed E-state index contributed by atoms with van der Waals surface area (Å²) in [6.07, 6.45) is -0.587. The number of ether oxygens (including phenoxy) is 2. The number of aliphatic carboxylic acids is 1. The Kier molecular flexibility index (Phi) is 6.88. The van der Waals surface area contributed by atoms with Crippen LogP contribution in [0.5, 0.6) is 0 Å². The first-order valence-electron chi connectivity index (χ1n) is 11.5. The lowest BCUT2D eigenvalue weighted by atomic mass is 9.97. The molecule has 8 heteroatoms. The van der Waals surface area contributed by atoms with Crippen molar-refractivity contribution in [2.75, 3.05) is 13.2 Å². The van der Waals surface area contributed by atoms with Crippen molar-refractivity contribution in [1.82, 2.24) is 10.6 Å². The van der Waals surface area contributed by atoms with Gasteiger partial charge in [-0.25, -0.2) is 9.59 Å². The minimum absolute atomic E-state index is 0.0251. The maximum atomic E-state index is 12.6. The molecule has 2 amide bonds. The number of amides is 2. The molecule has 8 nitrogen and oxygen atoms in total. The lowest BCUT2D eigenvalue weighted by molar-refractivity contribution is -0.148. The largest absolute Gasteiger partial charge is 0.479 e. The SMILES string of the molecule is CC(C)(CCC(=O)N[C@@H]1CCO[C@@H]1C(=O)O)NC(=O)OCC1c2ccccc2-c2ccccc21. The third kappa shape index (κ3) is 5.22. The molecule has 1 aliphatic carbocycles. The molecule has 1 heterocycles. The number of carbonyl (C=O) groups is 3.